The number of carbonyl (C=O) groups is 2. The van der Waals surface area contributed by atoms with Crippen molar-refractivity contribution in [2.24, 2.45) is 0 Å². The molecule has 2 aliphatic rings. The topological polar surface area (TPSA) is 100 Å². The molecule has 0 aromatic heterocycles. The van der Waals surface area contributed by atoms with Gasteiger partial charge >= 0.3 is 6.03 Å². The van der Waals surface area contributed by atoms with Crippen molar-refractivity contribution in [1.29, 1.82) is 0 Å². The molecule has 9 heteroatoms. The quantitative estimate of drug-likeness (QED) is 0.579. The summed E-state index contributed by atoms with van der Waals surface area (Å²) in [5, 5.41) is 16.7. The summed E-state index contributed by atoms with van der Waals surface area (Å²) in [5.41, 5.74) is 1.62. The van der Waals surface area contributed by atoms with Crippen LogP contribution in [0.4, 0.5) is 10.5 Å². The van der Waals surface area contributed by atoms with E-state index in [1.54, 1.807) is 29.2 Å². The first-order valence-electron chi connectivity index (χ1n) is 12.0. The van der Waals surface area contributed by atoms with Crippen LogP contribution in [0.2, 0.25) is 5.02 Å². The lowest BCUT2D eigenvalue weighted by molar-refractivity contribution is -0.150. The number of halogens is 1. The number of aliphatic hydroxyl groups is 1. The van der Waals surface area contributed by atoms with E-state index in [9.17, 15) is 14.7 Å². The van der Waals surface area contributed by atoms with E-state index in [0.29, 0.717) is 23.6 Å². The van der Waals surface area contributed by atoms with Crippen molar-refractivity contribution in [3.8, 4) is 0 Å². The number of rotatable bonds is 5. The summed E-state index contributed by atoms with van der Waals surface area (Å²) in [7, 11) is 0. The maximum Gasteiger partial charge on any atom is 0.322 e. The van der Waals surface area contributed by atoms with Gasteiger partial charge in [0.05, 0.1) is 50.5 Å². The summed E-state index contributed by atoms with van der Waals surface area (Å²) >= 11 is 6.05. The Bertz CT molecular complexity index is 1010. The minimum atomic E-state index is -0.802. The Balaban J connectivity index is 1.38. The van der Waals surface area contributed by atoms with Crippen molar-refractivity contribution in [2.75, 3.05) is 25.1 Å². The van der Waals surface area contributed by atoms with Crippen molar-refractivity contribution in [3.63, 3.8) is 0 Å². The third kappa shape index (κ3) is 6.95. The lowest BCUT2D eigenvalue weighted by Crippen LogP contribution is -2.58. The minimum absolute atomic E-state index is 0.0810. The van der Waals surface area contributed by atoms with E-state index in [0.717, 1.165) is 5.56 Å². The lowest BCUT2D eigenvalue weighted by Gasteiger charge is -2.44. The third-order valence-corrected chi connectivity index (χ3v) is 6.64. The monoisotopic (exact) mass is 501 g/mol. The number of amides is 3. The highest BCUT2D eigenvalue weighted by Crippen LogP contribution is 2.29. The van der Waals surface area contributed by atoms with Gasteiger partial charge in [0, 0.05) is 10.7 Å². The van der Waals surface area contributed by atoms with Crippen LogP contribution in [0.1, 0.15) is 37.8 Å². The van der Waals surface area contributed by atoms with E-state index in [4.69, 9.17) is 21.1 Å². The second-order valence-electron chi connectivity index (χ2n) is 9.13. The smallest absolute Gasteiger partial charge is 0.322 e. The molecule has 0 radical (unpaired) electrons. The first-order valence-corrected chi connectivity index (χ1v) is 12.4. The average molecular weight is 502 g/mol. The molecule has 3 amide bonds. The van der Waals surface area contributed by atoms with Gasteiger partial charge < -0.3 is 30.1 Å². The van der Waals surface area contributed by atoms with Crippen molar-refractivity contribution in [2.45, 2.75) is 56.6 Å². The van der Waals surface area contributed by atoms with Crippen molar-refractivity contribution in [1.82, 2.24) is 10.2 Å². The van der Waals surface area contributed by atoms with Crippen LogP contribution in [0.5, 0.6) is 0 Å². The zero-order valence-corrected chi connectivity index (χ0v) is 20.5. The number of fused-ring (bicyclic) bond motifs is 1. The van der Waals surface area contributed by atoms with E-state index < -0.39 is 12.2 Å². The molecule has 2 aliphatic heterocycles. The predicted molar refractivity (Wildman–Crippen MR) is 133 cm³/mol. The molecule has 2 fully saturated rings. The van der Waals surface area contributed by atoms with Crippen molar-refractivity contribution in [3.05, 3.63) is 65.2 Å². The fourth-order valence-corrected chi connectivity index (χ4v) is 4.86. The van der Waals surface area contributed by atoms with E-state index in [1.807, 2.05) is 37.3 Å². The highest BCUT2D eigenvalue weighted by Gasteiger charge is 2.40. The molecule has 0 unspecified atom stereocenters. The average Bonchev–Trinajstić information content (AvgIpc) is 2.82. The molecule has 3 N–H and O–H groups in total. The van der Waals surface area contributed by atoms with Crippen LogP contribution < -0.4 is 10.6 Å². The Hall–Kier alpha value is -2.65. The van der Waals surface area contributed by atoms with Gasteiger partial charge in [0.2, 0.25) is 5.91 Å². The normalized spacial score (nSPS) is 25.5. The molecule has 0 spiro atoms. The molecule has 2 aromatic carbocycles. The molecule has 35 heavy (non-hydrogen) atoms. The van der Waals surface area contributed by atoms with Crippen LogP contribution in [0.15, 0.2) is 54.6 Å². The summed E-state index contributed by atoms with van der Waals surface area (Å²) in [6.45, 7) is 2.42. The zero-order chi connectivity index (χ0) is 24.8. The SMILES string of the molecule is C[C@@H](NC(=O)C[C@H]1CC[C@H]2[C@@H](COC[C@H](O)CN2C(=O)Nc2cccc(Cl)c2)O1)c1ccccc1. The molecule has 2 aromatic rings. The molecule has 2 heterocycles. The first kappa shape index (κ1) is 25.4. The Kier molecular flexibility index (Phi) is 8.62. The molecule has 5 atom stereocenters. The molecule has 0 aliphatic carbocycles. The summed E-state index contributed by atoms with van der Waals surface area (Å²) < 4.78 is 11.9. The summed E-state index contributed by atoms with van der Waals surface area (Å²) in [6.07, 6.45) is 0.0126. The lowest BCUT2D eigenvalue weighted by atomic mass is 9.94. The number of nitrogens with zero attached hydrogens (tertiary/aromatic N) is 1. The van der Waals surface area contributed by atoms with Gasteiger partial charge in [-0.1, -0.05) is 48.0 Å². The van der Waals surface area contributed by atoms with Crippen LogP contribution in [-0.2, 0) is 14.3 Å². The number of ether oxygens (including phenoxy) is 2. The van der Waals surface area contributed by atoms with E-state index in [1.165, 1.54) is 0 Å². The second kappa shape index (κ2) is 11.9. The number of hydrogen-bond acceptors (Lipinski definition) is 5. The van der Waals surface area contributed by atoms with Gasteiger partial charge in [-0.25, -0.2) is 4.79 Å². The van der Waals surface area contributed by atoms with Gasteiger partial charge in [0.1, 0.15) is 6.10 Å². The van der Waals surface area contributed by atoms with Crippen LogP contribution >= 0.6 is 11.6 Å². The van der Waals surface area contributed by atoms with Crippen LogP contribution in [0.25, 0.3) is 0 Å². The summed E-state index contributed by atoms with van der Waals surface area (Å²) in [5.74, 6) is -0.0810. The third-order valence-electron chi connectivity index (χ3n) is 6.41. The number of nitrogens with one attached hydrogen (secondary N) is 2. The van der Waals surface area contributed by atoms with Gasteiger partial charge in [-0.15, -0.1) is 0 Å². The molecular formula is C26H32ClN3O5. The maximum atomic E-state index is 13.2. The number of anilines is 1. The molecule has 188 valence electrons. The Morgan fingerprint density at radius 3 is 2.71 bits per heavy atom. The molecule has 4 rings (SSSR count). The predicted octanol–water partition coefficient (Wildman–Crippen LogP) is 3.75. The van der Waals surface area contributed by atoms with Gasteiger partial charge in [-0.2, -0.15) is 0 Å². The highest BCUT2D eigenvalue weighted by molar-refractivity contribution is 6.30. The number of benzene rings is 2. The molecule has 8 nitrogen and oxygen atoms in total. The molecule has 0 bridgehead atoms. The summed E-state index contributed by atoms with van der Waals surface area (Å²) in [6, 6.07) is 16.0. The van der Waals surface area contributed by atoms with Gasteiger partial charge in [0.25, 0.3) is 0 Å². The Morgan fingerprint density at radius 2 is 1.94 bits per heavy atom. The second-order valence-corrected chi connectivity index (χ2v) is 9.57. The van der Waals surface area contributed by atoms with E-state index in [-0.39, 0.29) is 56.3 Å². The standard InChI is InChI=1S/C26H32ClN3O5/c1-17(18-6-3-2-4-7-18)28-25(32)13-22-10-11-23-24(35-22)16-34-15-21(31)14-30(23)26(33)29-20-9-5-8-19(27)12-20/h2-9,12,17,21-24,31H,10-11,13-16H2,1H3,(H,28,32)(H,29,33)/t17-,21-,22-,23+,24-/m1/s1. The van der Waals surface area contributed by atoms with Gasteiger partial charge in [-0.3, -0.25) is 4.79 Å². The summed E-state index contributed by atoms with van der Waals surface area (Å²) in [4.78, 5) is 27.5. The molecule has 2 saturated heterocycles. The number of urea groups is 1. The zero-order valence-electron chi connectivity index (χ0n) is 19.7. The van der Waals surface area contributed by atoms with E-state index >= 15 is 0 Å². The van der Waals surface area contributed by atoms with Crippen molar-refractivity contribution < 1.29 is 24.2 Å². The van der Waals surface area contributed by atoms with Crippen LogP contribution in [-0.4, -0.2) is 66.1 Å². The maximum absolute atomic E-state index is 13.2. The number of β-amino-alcohol motifs (C(OH)–C–C–N with tert-alkyl or cyclic N) is 1. The van der Waals surface area contributed by atoms with E-state index in [2.05, 4.69) is 10.6 Å². The molecule has 0 saturated carbocycles. The first-order chi connectivity index (χ1) is 16.9. The highest BCUT2D eigenvalue weighted by atomic mass is 35.5. The minimum Gasteiger partial charge on any atom is -0.389 e. The number of hydrogen-bond donors (Lipinski definition) is 3. The fourth-order valence-electron chi connectivity index (χ4n) is 4.67. The fraction of sp³-hybridized carbons (Fsp3) is 0.462. The van der Waals surface area contributed by atoms with Crippen molar-refractivity contribution >= 4 is 29.2 Å². The Labute approximate surface area is 210 Å². The number of carbonyl (C=O) groups excluding carboxylic acids is 2. The largest absolute Gasteiger partial charge is 0.389 e. The van der Waals surface area contributed by atoms with Crippen LogP contribution in [0.3, 0.4) is 0 Å². The van der Waals surface area contributed by atoms with Gasteiger partial charge in [0.15, 0.2) is 0 Å². The molecular weight excluding hydrogens is 470 g/mol. The number of aliphatic hydroxyl groups excluding tert-OH is 1. The van der Waals surface area contributed by atoms with Gasteiger partial charge in [-0.05, 0) is 43.5 Å². The van der Waals surface area contributed by atoms with Crippen LogP contribution in [0, 0.1) is 0 Å². The Morgan fingerprint density at radius 1 is 1.14 bits per heavy atom.